The van der Waals surface area contributed by atoms with Crippen LogP contribution in [0.2, 0.25) is 0 Å². The van der Waals surface area contributed by atoms with Crippen LogP contribution in [0, 0.1) is 0 Å². The first-order valence-corrected chi connectivity index (χ1v) is 18.9. The fourth-order valence-electron chi connectivity index (χ4n) is 6.17. The maximum absolute atomic E-state index is 14.1. The van der Waals surface area contributed by atoms with Crippen LogP contribution in [-0.2, 0) is 40.5 Å². The lowest BCUT2D eigenvalue weighted by Gasteiger charge is -2.37. The van der Waals surface area contributed by atoms with Gasteiger partial charge in [0.25, 0.3) is 10.5 Å². The second kappa shape index (κ2) is 14.1. The van der Waals surface area contributed by atoms with Crippen molar-refractivity contribution < 1.29 is 26.5 Å². The number of nitrogens with one attached hydrogen (secondary N) is 1. The summed E-state index contributed by atoms with van der Waals surface area (Å²) in [6.07, 6.45) is 4.65. The van der Waals surface area contributed by atoms with E-state index in [9.17, 15) is 22.3 Å². The molecule has 0 radical (unpaired) electrons. The Morgan fingerprint density at radius 1 is 0.780 bits per heavy atom. The molecule has 50 heavy (non-hydrogen) atoms. The number of carbonyl (C=O) groups is 1. The number of benzene rings is 4. The number of piperazine rings is 1. The maximum Gasteiger partial charge on any atom is 0.270 e. The fraction of sp³-hybridized carbons (Fsp3) is 0.162. The number of para-hydroxylation sites is 2. The SMILES string of the molecule is O=C([C@H](Cc1ccc(O[S+](=O)([O-])c2cccc3cccnc23)cc1)N[S+](=O)([O-])c1cccc2cnccc12)N1CCN(c2ccccc2)CC1. The van der Waals surface area contributed by atoms with Crippen molar-refractivity contribution in [1.29, 1.82) is 0 Å². The molecule has 2 unspecified atom stereocenters. The fourth-order valence-corrected chi connectivity index (χ4v) is 8.69. The van der Waals surface area contributed by atoms with Crippen molar-refractivity contribution in [2.24, 2.45) is 0 Å². The van der Waals surface area contributed by atoms with Gasteiger partial charge in [-0.1, -0.05) is 69.1 Å². The van der Waals surface area contributed by atoms with E-state index in [0.29, 0.717) is 53.4 Å². The van der Waals surface area contributed by atoms with E-state index in [4.69, 9.17) is 4.18 Å². The molecule has 3 heterocycles. The van der Waals surface area contributed by atoms with Gasteiger partial charge in [0, 0.05) is 73.0 Å². The molecule has 0 aliphatic carbocycles. The minimum atomic E-state index is -4.22. The molecule has 0 bridgehead atoms. The summed E-state index contributed by atoms with van der Waals surface area (Å²) < 4.78 is 62.5. The zero-order valence-corrected chi connectivity index (χ0v) is 28.4. The largest absolute Gasteiger partial charge is 0.593 e. The Bertz CT molecular complexity index is 2240. The molecule has 4 aromatic carbocycles. The topological polar surface area (TPSA) is 151 Å². The molecule has 1 aliphatic heterocycles. The van der Waals surface area contributed by atoms with E-state index in [2.05, 4.69) is 19.6 Å². The lowest BCUT2D eigenvalue weighted by atomic mass is 10.0. The van der Waals surface area contributed by atoms with Gasteiger partial charge in [-0.3, -0.25) is 18.9 Å². The van der Waals surface area contributed by atoms with Crippen molar-refractivity contribution in [1.82, 2.24) is 19.6 Å². The number of nitrogens with zero attached hydrogens (tertiary/aromatic N) is 4. The third-order valence-electron chi connectivity index (χ3n) is 8.67. The molecule has 254 valence electrons. The van der Waals surface area contributed by atoms with Crippen LogP contribution in [0.3, 0.4) is 0 Å². The van der Waals surface area contributed by atoms with Gasteiger partial charge in [-0.2, -0.15) is 0 Å². The second-order valence-electron chi connectivity index (χ2n) is 11.9. The molecule has 1 amide bonds. The van der Waals surface area contributed by atoms with Gasteiger partial charge >= 0.3 is 0 Å². The smallest absolute Gasteiger partial charge is 0.270 e. The third kappa shape index (κ3) is 7.13. The van der Waals surface area contributed by atoms with Crippen molar-refractivity contribution in [2.75, 3.05) is 31.1 Å². The molecule has 1 aliphatic rings. The highest BCUT2D eigenvalue weighted by Crippen LogP contribution is 2.29. The zero-order chi connectivity index (χ0) is 34.7. The molecule has 13 heteroatoms. The quantitative estimate of drug-likeness (QED) is 0.189. The molecule has 6 aromatic rings. The predicted molar refractivity (Wildman–Crippen MR) is 191 cm³/mol. The number of hydrogen-bond acceptors (Lipinski definition) is 9. The normalized spacial score (nSPS) is 16.4. The number of hydrogen-bond donors (Lipinski definition) is 1. The van der Waals surface area contributed by atoms with Crippen LogP contribution < -0.4 is 13.8 Å². The Hall–Kier alpha value is -5.05. The number of sulfonamides is 1. The van der Waals surface area contributed by atoms with Gasteiger partial charge in [-0.25, -0.2) is 0 Å². The maximum atomic E-state index is 14.1. The van der Waals surface area contributed by atoms with Crippen LogP contribution in [0.15, 0.2) is 138 Å². The summed E-state index contributed by atoms with van der Waals surface area (Å²) in [5, 5.41) is 1.80. The molecule has 3 atom stereocenters. The van der Waals surface area contributed by atoms with E-state index in [1.165, 1.54) is 36.7 Å². The molecule has 2 aromatic heterocycles. The summed E-state index contributed by atoms with van der Waals surface area (Å²) in [4.78, 5) is 26.3. The van der Waals surface area contributed by atoms with Crippen molar-refractivity contribution in [3.05, 3.63) is 133 Å². The number of fused-ring (bicyclic) bond motifs is 2. The zero-order valence-electron chi connectivity index (χ0n) is 26.8. The second-order valence-corrected chi connectivity index (χ2v) is 15.1. The van der Waals surface area contributed by atoms with Gasteiger partial charge < -0.3 is 18.9 Å². The van der Waals surface area contributed by atoms with Gasteiger partial charge in [-0.15, -0.1) is 4.72 Å². The van der Waals surface area contributed by atoms with Crippen molar-refractivity contribution in [3.8, 4) is 5.75 Å². The van der Waals surface area contributed by atoms with Gasteiger partial charge in [0.15, 0.2) is 21.0 Å². The Labute approximate surface area is 291 Å². The Morgan fingerprint density at radius 3 is 2.24 bits per heavy atom. The minimum absolute atomic E-state index is 0.0174. The van der Waals surface area contributed by atoms with Crippen molar-refractivity contribution in [2.45, 2.75) is 22.3 Å². The number of carbonyl (C=O) groups excluding carboxylic acids is 1. The number of pyridine rings is 2. The lowest BCUT2D eigenvalue weighted by molar-refractivity contribution is -0.133. The van der Waals surface area contributed by atoms with E-state index in [-0.39, 0.29) is 27.9 Å². The van der Waals surface area contributed by atoms with Crippen LogP contribution in [0.5, 0.6) is 5.75 Å². The molecule has 7 rings (SSSR count). The first-order chi connectivity index (χ1) is 24.2. The Morgan fingerprint density at radius 2 is 1.48 bits per heavy atom. The highest BCUT2D eigenvalue weighted by molar-refractivity contribution is 7.96. The van der Waals surface area contributed by atoms with Crippen LogP contribution in [0.4, 0.5) is 5.69 Å². The van der Waals surface area contributed by atoms with E-state index >= 15 is 0 Å². The Balaban J connectivity index is 1.12. The standard InChI is InChI=1S/C37H33N5O6S2/c43-37(42-23-21-41(22-24-42)30-10-2-1-3-11-30)33(40-49(44,45)34-12-5-8-29-26-38-20-18-32(29)34)25-27-14-16-31(17-15-27)48-50(46,47)35-13-4-7-28-9-6-19-39-36(28)35/h1-20,26,33H,21-25H2,(H-2,40,44,45,46,47)/t33-/m0/s1. The summed E-state index contributed by atoms with van der Waals surface area (Å²) >= 11 is 0. The molecule has 0 saturated carbocycles. The Kier molecular flexibility index (Phi) is 9.40. The minimum Gasteiger partial charge on any atom is -0.593 e. The summed E-state index contributed by atoms with van der Waals surface area (Å²) in [6.45, 7) is 2.02. The predicted octanol–water partition coefficient (Wildman–Crippen LogP) is 5.22. The third-order valence-corrected chi connectivity index (χ3v) is 11.5. The van der Waals surface area contributed by atoms with Crippen LogP contribution in [0.1, 0.15) is 5.56 Å². The van der Waals surface area contributed by atoms with Gasteiger partial charge in [0.2, 0.25) is 10.8 Å². The van der Waals surface area contributed by atoms with E-state index < -0.39 is 26.9 Å². The van der Waals surface area contributed by atoms with Gasteiger partial charge in [0.05, 0.1) is 0 Å². The summed E-state index contributed by atoms with van der Waals surface area (Å²) in [7, 11) is -8.39. The lowest BCUT2D eigenvalue weighted by Crippen LogP contribution is -2.56. The first kappa shape index (κ1) is 33.4. The molecule has 1 saturated heterocycles. The molecule has 11 nitrogen and oxygen atoms in total. The number of rotatable bonds is 10. The van der Waals surface area contributed by atoms with Crippen LogP contribution >= 0.6 is 0 Å². The number of anilines is 1. The highest BCUT2D eigenvalue weighted by atomic mass is 32.3. The molecule has 1 fully saturated rings. The molecular formula is C37H33N5O6S2. The van der Waals surface area contributed by atoms with Gasteiger partial charge in [-0.05, 0) is 54.1 Å². The average Bonchev–Trinajstić information content (AvgIpc) is 3.14. The van der Waals surface area contributed by atoms with Crippen LogP contribution in [0.25, 0.3) is 21.7 Å². The average molecular weight is 708 g/mol. The van der Waals surface area contributed by atoms with E-state index in [1.54, 1.807) is 65.7 Å². The number of aromatic nitrogens is 2. The van der Waals surface area contributed by atoms with Crippen molar-refractivity contribution in [3.63, 3.8) is 0 Å². The van der Waals surface area contributed by atoms with E-state index in [1.807, 2.05) is 30.3 Å². The molecular weight excluding hydrogens is 675 g/mol. The van der Waals surface area contributed by atoms with Gasteiger partial charge in [0.1, 0.15) is 11.6 Å². The summed E-state index contributed by atoms with van der Waals surface area (Å²) in [6, 6.07) is 29.9. The highest BCUT2D eigenvalue weighted by Gasteiger charge is 2.35. The van der Waals surface area contributed by atoms with Crippen LogP contribution in [-0.4, -0.2) is 62.1 Å². The molecule has 0 spiro atoms. The monoisotopic (exact) mass is 707 g/mol. The van der Waals surface area contributed by atoms with E-state index in [0.717, 1.165) is 5.69 Å². The number of amides is 1. The molecule has 1 N–H and O–H groups in total. The summed E-state index contributed by atoms with van der Waals surface area (Å²) in [5.41, 5.74) is 1.96. The first-order valence-electron chi connectivity index (χ1n) is 16.0. The summed E-state index contributed by atoms with van der Waals surface area (Å²) in [5.74, 6) is -0.291. The van der Waals surface area contributed by atoms with Crippen molar-refractivity contribution >= 4 is 54.2 Å².